The summed E-state index contributed by atoms with van der Waals surface area (Å²) in [5, 5.41) is 8.68. The fraction of sp³-hybridized carbons (Fsp3) is 0. The summed E-state index contributed by atoms with van der Waals surface area (Å²) in [6, 6.07) is 14.9. The SMILES string of the molecule is Clc1ccc(Oc2nc3ccccc3n3cnnc23)cc1. The molecule has 21 heavy (non-hydrogen) atoms. The fourth-order valence-electron chi connectivity index (χ4n) is 2.16. The molecule has 2 aromatic carbocycles. The first kappa shape index (κ1) is 12.1. The predicted molar refractivity (Wildman–Crippen MR) is 79.8 cm³/mol. The van der Waals surface area contributed by atoms with Crippen LogP contribution >= 0.6 is 11.6 Å². The monoisotopic (exact) mass is 296 g/mol. The van der Waals surface area contributed by atoms with E-state index in [1.807, 2.05) is 28.7 Å². The van der Waals surface area contributed by atoms with E-state index in [0.29, 0.717) is 22.3 Å². The summed E-state index contributed by atoms with van der Waals surface area (Å²) in [7, 11) is 0. The third-order valence-electron chi connectivity index (χ3n) is 3.13. The van der Waals surface area contributed by atoms with Gasteiger partial charge in [0.25, 0.3) is 5.88 Å². The maximum Gasteiger partial charge on any atom is 0.266 e. The Morgan fingerprint density at radius 1 is 1.00 bits per heavy atom. The molecule has 4 aromatic rings. The number of ether oxygens (including phenoxy) is 1. The van der Waals surface area contributed by atoms with Crippen LogP contribution < -0.4 is 4.74 Å². The van der Waals surface area contributed by atoms with Crippen LogP contribution in [-0.4, -0.2) is 19.6 Å². The van der Waals surface area contributed by atoms with Crippen LogP contribution in [0.5, 0.6) is 11.6 Å². The van der Waals surface area contributed by atoms with E-state index in [1.165, 1.54) is 0 Å². The van der Waals surface area contributed by atoms with Crippen LogP contribution in [-0.2, 0) is 0 Å². The quantitative estimate of drug-likeness (QED) is 0.565. The molecule has 0 saturated heterocycles. The van der Waals surface area contributed by atoms with Gasteiger partial charge in [-0.05, 0) is 36.4 Å². The topological polar surface area (TPSA) is 52.3 Å². The number of para-hydroxylation sites is 2. The lowest BCUT2D eigenvalue weighted by molar-refractivity contribution is 0.467. The van der Waals surface area contributed by atoms with Gasteiger partial charge in [-0.25, -0.2) is 4.98 Å². The summed E-state index contributed by atoms with van der Waals surface area (Å²) >= 11 is 5.87. The van der Waals surface area contributed by atoms with Crippen molar-refractivity contribution in [1.82, 2.24) is 19.6 Å². The van der Waals surface area contributed by atoms with Gasteiger partial charge >= 0.3 is 0 Å². The molecule has 0 bridgehead atoms. The fourth-order valence-corrected chi connectivity index (χ4v) is 2.29. The minimum absolute atomic E-state index is 0.411. The summed E-state index contributed by atoms with van der Waals surface area (Å²) in [5.74, 6) is 1.06. The van der Waals surface area contributed by atoms with E-state index < -0.39 is 0 Å². The molecule has 0 unspecified atom stereocenters. The smallest absolute Gasteiger partial charge is 0.266 e. The summed E-state index contributed by atoms with van der Waals surface area (Å²) < 4.78 is 7.67. The largest absolute Gasteiger partial charge is 0.436 e. The number of halogens is 1. The first-order chi connectivity index (χ1) is 10.3. The van der Waals surface area contributed by atoms with Crippen LogP contribution in [0.25, 0.3) is 16.7 Å². The van der Waals surface area contributed by atoms with Gasteiger partial charge in [0.05, 0.1) is 11.0 Å². The molecular formula is C15H9ClN4O. The molecule has 0 atom stereocenters. The molecule has 0 N–H and O–H groups in total. The number of fused-ring (bicyclic) bond motifs is 3. The van der Waals surface area contributed by atoms with E-state index in [0.717, 1.165) is 11.0 Å². The van der Waals surface area contributed by atoms with Crippen molar-refractivity contribution < 1.29 is 4.74 Å². The van der Waals surface area contributed by atoms with E-state index in [4.69, 9.17) is 16.3 Å². The van der Waals surface area contributed by atoms with Crippen LogP contribution in [0, 0.1) is 0 Å². The number of benzene rings is 2. The molecule has 0 amide bonds. The van der Waals surface area contributed by atoms with E-state index in [2.05, 4.69) is 15.2 Å². The highest BCUT2D eigenvalue weighted by Gasteiger charge is 2.12. The molecular weight excluding hydrogens is 288 g/mol. The summed E-state index contributed by atoms with van der Waals surface area (Å²) in [5.41, 5.74) is 2.32. The van der Waals surface area contributed by atoms with Crippen molar-refractivity contribution in [2.24, 2.45) is 0 Å². The average Bonchev–Trinajstić information content (AvgIpc) is 3.00. The second kappa shape index (κ2) is 4.71. The number of aromatic nitrogens is 4. The van der Waals surface area contributed by atoms with Crippen molar-refractivity contribution in [3.8, 4) is 11.6 Å². The maximum atomic E-state index is 5.87. The molecule has 0 aliphatic carbocycles. The van der Waals surface area contributed by atoms with Crippen molar-refractivity contribution in [2.75, 3.05) is 0 Å². The van der Waals surface area contributed by atoms with Crippen molar-refractivity contribution in [3.05, 3.63) is 59.9 Å². The van der Waals surface area contributed by atoms with Gasteiger partial charge in [0, 0.05) is 5.02 Å². The molecule has 5 nitrogen and oxygen atoms in total. The highest BCUT2D eigenvalue weighted by atomic mass is 35.5. The van der Waals surface area contributed by atoms with Crippen LogP contribution in [0.2, 0.25) is 5.02 Å². The third-order valence-corrected chi connectivity index (χ3v) is 3.38. The Balaban J connectivity index is 1.90. The zero-order valence-electron chi connectivity index (χ0n) is 10.8. The Bertz CT molecular complexity index is 933. The van der Waals surface area contributed by atoms with Crippen molar-refractivity contribution in [3.63, 3.8) is 0 Å². The molecule has 0 aliphatic heterocycles. The number of hydrogen-bond acceptors (Lipinski definition) is 4. The molecule has 0 radical (unpaired) electrons. The second-order valence-electron chi connectivity index (χ2n) is 4.49. The van der Waals surface area contributed by atoms with Gasteiger partial charge in [-0.3, -0.25) is 4.40 Å². The molecule has 0 saturated carbocycles. The molecule has 2 heterocycles. The molecule has 102 valence electrons. The standard InChI is InChI=1S/C15H9ClN4O/c16-10-5-7-11(8-6-10)21-15-14-19-17-9-20(14)13-4-2-1-3-12(13)18-15/h1-9H. The van der Waals surface area contributed by atoms with Crippen LogP contribution in [0.4, 0.5) is 0 Å². The zero-order valence-corrected chi connectivity index (χ0v) is 11.5. The Morgan fingerprint density at radius 2 is 1.81 bits per heavy atom. The predicted octanol–water partition coefficient (Wildman–Crippen LogP) is 3.72. The van der Waals surface area contributed by atoms with Gasteiger partial charge in [0.15, 0.2) is 0 Å². The van der Waals surface area contributed by atoms with Crippen molar-refractivity contribution in [1.29, 1.82) is 0 Å². The van der Waals surface area contributed by atoms with Gasteiger partial charge in [0.1, 0.15) is 12.1 Å². The first-order valence-corrected chi connectivity index (χ1v) is 6.71. The summed E-state index contributed by atoms with van der Waals surface area (Å²) in [6.45, 7) is 0. The van der Waals surface area contributed by atoms with Crippen LogP contribution in [0.3, 0.4) is 0 Å². The lowest BCUT2D eigenvalue weighted by Crippen LogP contribution is -1.96. The summed E-state index contributed by atoms with van der Waals surface area (Å²) in [6.07, 6.45) is 1.65. The molecule has 0 fully saturated rings. The normalized spacial score (nSPS) is 11.1. The molecule has 0 spiro atoms. The van der Waals surface area contributed by atoms with E-state index in [9.17, 15) is 0 Å². The Morgan fingerprint density at radius 3 is 2.67 bits per heavy atom. The Hall–Kier alpha value is -2.66. The van der Waals surface area contributed by atoms with Crippen molar-refractivity contribution in [2.45, 2.75) is 0 Å². The lowest BCUT2D eigenvalue weighted by Gasteiger charge is -2.08. The molecule has 4 rings (SSSR count). The second-order valence-corrected chi connectivity index (χ2v) is 4.92. The Kier molecular flexibility index (Phi) is 2.72. The van der Waals surface area contributed by atoms with Crippen molar-refractivity contribution >= 4 is 28.3 Å². The zero-order chi connectivity index (χ0) is 14.2. The van der Waals surface area contributed by atoms with Gasteiger partial charge in [0.2, 0.25) is 5.65 Å². The van der Waals surface area contributed by atoms with Gasteiger partial charge in [-0.15, -0.1) is 10.2 Å². The average molecular weight is 297 g/mol. The third kappa shape index (κ3) is 2.08. The molecule has 2 aromatic heterocycles. The summed E-state index contributed by atoms with van der Waals surface area (Å²) in [4.78, 5) is 4.51. The van der Waals surface area contributed by atoms with E-state index >= 15 is 0 Å². The van der Waals surface area contributed by atoms with Crippen LogP contribution in [0.1, 0.15) is 0 Å². The first-order valence-electron chi connectivity index (χ1n) is 6.33. The lowest BCUT2D eigenvalue weighted by atomic mass is 10.3. The minimum Gasteiger partial charge on any atom is -0.436 e. The van der Waals surface area contributed by atoms with Gasteiger partial charge in [-0.1, -0.05) is 23.7 Å². The molecule has 6 heteroatoms. The number of hydrogen-bond donors (Lipinski definition) is 0. The minimum atomic E-state index is 0.411. The highest BCUT2D eigenvalue weighted by Crippen LogP contribution is 2.27. The van der Waals surface area contributed by atoms with Crippen LogP contribution in [0.15, 0.2) is 54.9 Å². The Labute approximate surface area is 124 Å². The van der Waals surface area contributed by atoms with E-state index in [-0.39, 0.29) is 0 Å². The van der Waals surface area contributed by atoms with Gasteiger partial charge < -0.3 is 4.74 Å². The van der Waals surface area contributed by atoms with Gasteiger partial charge in [-0.2, -0.15) is 0 Å². The highest BCUT2D eigenvalue weighted by molar-refractivity contribution is 6.30. The number of rotatable bonds is 2. The number of nitrogens with zero attached hydrogens (tertiary/aromatic N) is 4. The van der Waals surface area contributed by atoms with E-state index in [1.54, 1.807) is 30.6 Å². The maximum absolute atomic E-state index is 5.87. The molecule has 0 aliphatic rings.